The van der Waals surface area contributed by atoms with Gasteiger partial charge in [0.2, 0.25) is 5.91 Å². The van der Waals surface area contributed by atoms with Gasteiger partial charge in [-0.25, -0.2) is 0 Å². The Morgan fingerprint density at radius 3 is 2.67 bits per heavy atom. The second-order valence-corrected chi connectivity index (χ2v) is 5.98. The van der Waals surface area contributed by atoms with E-state index >= 15 is 0 Å². The van der Waals surface area contributed by atoms with Gasteiger partial charge in [0, 0.05) is 27.3 Å². The zero-order valence-corrected chi connectivity index (χ0v) is 13.2. The number of amides is 1. The smallest absolute Gasteiger partial charge is 0.244 e. The van der Waals surface area contributed by atoms with E-state index in [-0.39, 0.29) is 5.91 Å². The molecule has 0 aliphatic heterocycles. The van der Waals surface area contributed by atoms with Crippen LogP contribution in [0.1, 0.15) is 5.56 Å². The molecule has 0 atom stereocenters. The maximum atomic E-state index is 12.1. The highest BCUT2D eigenvalue weighted by atomic mass is 79.9. The Kier molecular flexibility index (Phi) is 3.80. The van der Waals surface area contributed by atoms with Gasteiger partial charge in [-0.2, -0.15) is 0 Å². The van der Waals surface area contributed by atoms with Crippen LogP contribution in [-0.2, 0) is 11.3 Å². The topological polar surface area (TPSA) is 34.0 Å². The average molecular weight is 343 g/mol. The number of carbonyl (C=O) groups excluding carboxylic acids is 1. The molecule has 0 saturated heterocycles. The van der Waals surface area contributed by atoms with Gasteiger partial charge in [-0.3, -0.25) is 4.79 Å². The van der Waals surface area contributed by atoms with E-state index in [1.807, 2.05) is 66.2 Å². The van der Waals surface area contributed by atoms with Gasteiger partial charge in [0.1, 0.15) is 6.54 Å². The van der Waals surface area contributed by atoms with Crippen LogP contribution < -0.4 is 5.32 Å². The monoisotopic (exact) mass is 342 g/mol. The van der Waals surface area contributed by atoms with Crippen molar-refractivity contribution >= 4 is 38.4 Å². The number of fused-ring (bicyclic) bond motifs is 1. The summed E-state index contributed by atoms with van der Waals surface area (Å²) in [6.07, 6.45) is 1.94. The molecule has 4 heteroatoms. The van der Waals surface area contributed by atoms with Crippen molar-refractivity contribution in [2.45, 2.75) is 13.5 Å². The molecule has 3 aromatic rings. The molecule has 1 heterocycles. The van der Waals surface area contributed by atoms with E-state index in [9.17, 15) is 4.79 Å². The molecule has 3 rings (SSSR count). The van der Waals surface area contributed by atoms with Gasteiger partial charge < -0.3 is 9.88 Å². The Morgan fingerprint density at radius 2 is 1.90 bits per heavy atom. The third-order valence-corrected chi connectivity index (χ3v) is 3.88. The molecule has 0 saturated carbocycles. The predicted molar refractivity (Wildman–Crippen MR) is 89.4 cm³/mol. The zero-order valence-electron chi connectivity index (χ0n) is 11.6. The number of nitrogens with one attached hydrogen (secondary N) is 1. The molecule has 2 aromatic carbocycles. The molecule has 0 radical (unpaired) electrons. The molecular weight excluding hydrogens is 328 g/mol. The van der Waals surface area contributed by atoms with Crippen molar-refractivity contribution in [3.63, 3.8) is 0 Å². The lowest BCUT2D eigenvalue weighted by Gasteiger charge is -2.08. The summed E-state index contributed by atoms with van der Waals surface area (Å²) in [6, 6.07) is 15.9. The maximum absolute atomic E-state index is 12.1. The second kappa shape index (κ2) is 5.74. The Labute approximate surface area is 131 Å². The van der Waals surface area contributed by atoms with Gasteiger partial charge in [0.25, 0.3) is 0 Å². The van der Waals surface area contributed by atoms with Crippen molar-refractivity contribution in [1.82, 2.24) is 4.57 Å². The minimum Gasteiger partial charge on any atom is -0.338 e. The number of nitrogens with zero attached hydrogens (tertiary/aromatic N) is 1. The SMILES string of the molecule is Cc1ccc(NC(=O)Cn2ccc3cc(Br)ccc32)cc1. The van der Waals surface area contributed by atoms with E-state index in [4.69, 9.17) is 0 Å². The summed E-state index contributed by atoms with van der Waals surface area (Å²) in [5, 5.41) is 4.03. The number of aryl methyl sites for hydroxylation is 1. The first-order valence-electron chi connectivity index (χ1n) is 6.73. The highest BCUT2D eigenvalue weighted by Gasteiger charge is 2.07. The Morgan fingerprint density at radius 1 is 1.14 bits per heavy atom. The van der Waals surface area contributed by atoms with Gasteiger partial charge in [-0.1, -0.05) is 33.6 Å². The fourth-order valence-corrected chi connectivity index (χ4v) is 2.68. The Balaban J connectivity index is 1.75. The first-order valence-corrected chi connectivity index (χ1v) is 7.52. The van der Waals surface area contributed by atoms with Crippen LogP contribution in [0.15, 0.2) is 59.2 Å². The highest BCUT2D eigenvalue weighted by molar-refractivity contribution is 9.10. The summed E-state index contributed by atoms with van der Waals surface area (Å²) < 4.78 is 2.99. The van der Waals surface area contributed by atoms with Crippen LogP contribution in [0.4, 0.5) is 5.69 Å². The van der Waals surface area contributed by atoms with Crippen LogP contribution in [0.25, 0.3) is 10.9 Å². The lowest BCUT2D eigenvalue weighted by atomic mass is 10.2. The van der Waals surface area contributed by atoms with Crippen LogP contribution in [0.5, 0.6) is 0 Å². The molecule has 0 unspecified atom stereocenters. The van der Waals surface area contributed by atoms with Crippen molar-refractivity contribution in [3.8, 4) is 0 Å². The second-order valence-electron chi connectivity index (χ2n) is 5.06. The predicted octanol–water partition coefficient (Wildman–Crippen LogP) is 4.35. The van der Waals surface area contributed by atoms with Crippen LogP contribution in [0.2, 0.25) is 0 Å². The number of anilines is 1. The average Bonchev–Trinajstić information content (AvgIpc) is 2.83. The van der Waals surface area contributed by atoms with Gasteiger partial charge in [-0.05, 0) is 43.3 Å². The molecule has 1 amide bonds. The van der Waals surface area contributed by atoms with E-state index in [1.165, 1.54) is 5.56 Å². The molecule has 106 valence electrons. The molecule has 0 bridgehead atoms. The molecule has 21 heavy (non-hydrogen) atoms. The molecule has 0 fully saturated rings. The summed E-state index contributed by atoms with van der Waals surface area (Å²) in [5.41, 5.74) is 3.05. The number of hydrogen-bond donors (Lipinski definition) is 1. The van der Waals surface area contributed by atoms with Crippen molar-refractivity contribution < 1.29 is 4.79 Å². The van der Waals surface area contributed by atoms with E-state index in [0.717, 1.165) is 21.1 Å². The highest BCUT2D eigenvalue weighted by Crippen LogP contribution is 2.21. The molecule has 0 aliphatic rings. The number of benzene rings is 2. The molecule has 3 nitrogen and oxygen atoms in total. The van der Waals surface area contributed by atoms with E-state index in [2.05, 4.69) is 21.2 Å². The van der Waals surface area contributed by atoms with Gasteiger partial charge >= 0.3 is 0 Å². The van der Waals surface area contributed by atoms with Crippen molar-refractivity contribution in [3.05, 3.63) is 64.8 Å². The van der Waals surface area contributed by atoms with Crippen LogP contribution in [0.3, 0.4) is 0 Å². The molecule has 1 aromatic heterocycles. The lowest BCUT2D eigenvalue weighted by Crippen LogP contribution is -2.18. The maximum Gasteiger partial charge on any atom is 0.244 e. The summed E-state index contributed by atoms with van der Waals surface area (Å²) >= 11 is 3.45. The summed E-state index contributed by atoms with van der Waals surface area (Å²) in [5.74, 6) is -0.0285. The van der Waals surface area contributed by atoms with E-state index in [1.54, 1.807) is 0 Å². The Bertz CT molecular complexity index is 790. The number of carbonyl (C=O) groups is 1. The van der Waals surface area contributed by atoms with Crippen molar-refractivity contribution in [2.75, 3.05) is 5.32 Å². The largest absolute Gasteiger partial charge is 0.338 e. The summed E-state index contributed by atoms with van der Waals surface area (Å²) in [7, 11) is 0. The van der Waals surface area contributed by atoms with Crippen molar-refractivity contribution in [2.24, 2.45) is 0 Å². The standard InChI is InChI=1S/C17H15BrN2O/c1-12-2-5-15(6-3-12)19-17(21)11-20-9-8-13-10-14(18)4-7-16(13)20/h2-10H,11H2,1H3,(H,19,21). The normalized spacial score (nSPS) is 10.8. The van der Waals surface area contributed by atoms with Crippen LogP contribution >= 0.6 is 15.9 Å². The van der Waals surface area contributed by atoms with Crippen LogP contribution in [-0.4, -0.2) is 10.5 Å². The Hall–Kier alpha value is -2.07. The van der Waals surface area contributed by atoms with E-state index in [0.29, 0.717) is 6.54 Å². The molecule has 0 spiro atoms. The number of aromatic nitrogens is 1. The molecule has 1 N–H and O–H groups in total. The fraction of sp³-hybridized carbons (Fsp3) is 0.118. The third-order valence-electron chi connectivity index (χ3n) is 3.38. The molecular formula is C17H15BrN2O. The lowest BCUT2D eigenvalue weighted by molar-refractivity contribution is -0.116. The minimum atomic E-state index is -0.0285. The van der Waals surface area contributed by atoms with Crippen LogP contribution in [0, 0.1) is 6.92 Å². The molecule has 0 aliphatic carbocycles. The summed E-state index contributed by atoms with van der Waals surface area (Å²) in [4.78, 5) is 12.1. The quantitative estimate of drug-likeness (QED) is 0.754. The number of rotatable bonds is 3. The van der Waals surface area contributed by atoms with Crippen molar-refractivity contribution in [1.29, 1.82) is 0 Å². The zero-order chi connectivity index (χ0) is 14.8. The van der Waals surface area contributed by atoms with E-state index < -0.39 is 0 Å². The number of hydrogen-bond acceptors (Lipinski definition) is 1. The minimum absolute atomic E-state index is 0.0285. The number of halogens is 1. The van der Waals surface area contributed by atoms with Gasteiger partial charge in [0.05, 0.1) is 0 Å². The fourth-order valence-electron chi connectivity index (χ4n) is 2.30. The third kappa shape index (κ3) is 3.16. The summed E-state index contributed by atoms with van der Waals surface area (Å²) in [6.45, 7) is 2.33. The first-order chi connectivity index (χ1) is 10.1. The van der Waals surface area contributed by atoms with Gasteiger partial charge in [0.15, 0.2) is 0 Å². The van der Waals surface area contributed by atoms with Gasteiger partial charge in [-0.15, -0.1) is 0 Å². The first kappa shape index (κ1) is 13.9.